The van der Waals surface area contributed by atoms with Gasteiger partial charge >= 0.3 is 0 Å². The average Bonchev–Trinajstić information content (AvgIpc) is 2.38. The molecule has 0 aliphatic carbocycles. The number of benzene rings is 2. The van der Waals surface area contributed by atoms with Gasteiger partial charge in [-0.2, -0.15) is 0 Å². The Balaban J connectivity index is 2.12. The minimum absolute atomic E-state index is 0.0604. The third kappa shape index (κ3) is 4.10. The Bertz CT molecular complexity index is 613. The molecule has 2 aromatic rings. The highest BCUT2D eigenvalue weighted by Crippen LogP contribution is 2.23. The van der Waals surface area contributed by atoms with Gasteiger partial charge in [-0.15, -0.1) is 0 Å². The van der Waals surface area contributed by atoms with E-state index in [2.05, 4.69) is 33.5 Å². The maximum atomic E-state index is 11.1. The molecule has 0 saturated carbocycles. The number of hydrogen-bond donors (Lipinski definition) is 2. The molecule has 0 aliphatic heterocycles. The lowest BCUT2D eigenvalue weighted by Gasteiger charge is -2.17. The van der Waals surface area contributed by atoms with Gasteiger partial charge < -0.3 is 10.6 Å². The molecule has 20 heavy (non-hydrogen) atoms. The fourth-order valence-electron chi connectivity index (χ4n) is 2.00. The zero-order valence-corrected chi connectivity index (χ0v) is 13.1. The molecule has 0 radical (unpaired) electrons. The van der Waals surface area contributed by atoms with E-state index in [4.69, 9.17) is 0 Å². The molecule has 1 unspecified atom stereocenters. The van der Waals surface area contributed by atoms with Crippen molar-refractivity contribution in [2.45, 2.75) is 19.9 Å². The molecule has 0 fully saturated rings. The van der Waals surface area contributed by atoms with E-state index >= 15 is 0 Å². The van der Waals surface area contributed by atoms with Crippen molar-refractivity contribution in [2.24, 2.45) is 0 Å². The van der Waals surface area contributed by atoms with E-state index in [0.29, 0.717) is 0 Å². The molecule has 0 spiro atoms. The Kier molecular flexibility index (Phi) is 4.79. The molecule has 0 aliphatic rings. The van der Waals surface area contributed by atoms with E-state index in [1.807, 2.05) is 48.5 Å². The van der Waals surface area contributed by atoms with Crippen molar-refractivity contribution >= 4 is 33.2 Å². The van der Waals surface area contributed by atoms with Crippen LogP contribution in [0.3, 0.4) is 0 Å². The van der Waals surface area contributed by atoms with Crippen LogP contribution in [0.15, 0.2) is 53.0 Å². The molecule has 4 heteroatoms. The highest BCUT2D eigenvalue weighted by atomic mass is 79.9. The fourth-order valence-corrected chi connectivity index (χ4v) is 2.40. The quantitative estimate of drug-likeness (QED) is 0.860. The van der Waals surface area contributed by atoms with E-state index < -0.39 is 0 Å². The number of carbonyl (C=O) groups is 1. The Labute approximate surface area is 127 Å². The Morgan fingerprint density at radius 3 is 2.50 bits per heavy atom. The number of nitrogens with one attached hydrogen (secondary N) is 2. The van der Waals surface area contributed by atoms with Crippen molar-refractivity contribution in [3.05, 3.63) is 58.6 Å². The summed E-state index contributed by atoms with van der Waals surface area (Å²) >= 11 is 3.46. The van der Waals surface area contributed by atoms with Crippen molar-refractivity contribution in [1.82, 2.24) is 0 Å². The first kappa shape index (κ1) is 14.6. The number of carbonyl (C=O) groups excluding carboxylic acids is 1. The molecule has 0 aromatic heterocycles. The monoisotopic (exact) mass is 332 g/mol. The number of hydrogen-bond acceptors (Lipinski definition) is 2. The van der Waals surface area contributed by atoms with Gasteiger partial charge in [0.1, 0.15) is 0 Å². The van der Waals surface area contributed by atoms with Crippen molar-refractivity contribution in [3.8, 4) is 0 Å². The second-order valence-electron chi connectivity index (χ2n) is 4.68. The summed E-state index contributed by atoms with van der Waals surface area (Å²) in [6.07, 6.45) is 0. The molecule has 104 valence electrons. The van der Waals surface area contributed by atoms with Crippen LogP contribution >= 0.6 is 15.9 Å². The summed E-state index contributed by atoms with van der Waals surface area (Å²) in [5.74, 6) is -0.0604. The predicted molar refractivity (Wildman–Crippen MR) is 86.9 cm³/mol. The molecule has 1 atom stereocenters. The molecule has 2 N–H and O–H groups in total. The van der Waals surface area contributed by atoms with E-state index in [9.17, 15) is 4.79 Å². The van der Waals surface area contributed by atoms with Crippen LogP contribution in [-0.2, 0) is 4.79 Å². The van der Waals surface area contributed by atoms with Gasteiger partial charge in [0.05, 0.1) is 0 Å². The Hall–Kier alpha value is -1.81. The first-order valence-corrected chi connectivity index (χ1v) is 7.23. The first-order chi connectivity index (χ1) is 9.54. The molecule has 3 nitrogen and oxygen atoms in total. The van der Waals surface area contributed by atoms with E-state index in [1.54, 1.807) is 0 Å². The molecule has 1 amide bonds. The zero-order valence-electron chi connectivity index (χ0n) is 11.5. The predicted octanol–water partition coefficient (Wildman–Crippen LogP) is 4.58. The van der Waals surface area contributed by atoms with Gasteiger partial charge in [-0.25, -0.2) is 0 Å². The molecular weight excluding hydrogens is 316 g/mol. The van der Waals surface area contributed by atoms with Crippen molar-refractivity contribution in [2.75, 3.05) is 10.6 Å². The normalized spacial score (nSPS) is 11.8. The fraction of sp³-hybridized carbons (Fsp3) is 0.188. The van der Waals surface area contributed by atoms with Gasteiger partial charge in [-0.1, -0.05) is 34.1 Å². The highest BCUT2D eigenvalue weighted by molar-refractivity contribution is 9.10. The summed E-state index contributed by atoms with van der Waals surface area (Å²) in [5.41, 5.74) is 2.99. The second kappa shape index (κ2) is 6.57. The van der Waals surface area contributed by atoms with Crippen LogP contribution in [0.5, 0.6) is 0 Å². The van der Waals surface area contributed by atoms with Crippen molar-refractivity contribution in [1.29, 1.82) is 0 Å². The Morgan fingerprint density at radius 1 is 1.10 bits per heavy atom. The lowest BCUT2D eigenvalue weighted by atomic mass is 10.1. The van der Waals surface area contributed by atoms with E-state index in [0.717, 1.165) is 21.4 Å². The number of halogens is 1. The largest absolute Gasteiger partial charge is 0.378 e. The van der Waals surface area contributed by atoms with Gasteiger partial charge in [0.25, 0.3) is 0 Å². The zero-order chi connectivity index (χ0) is 14.5. The van der Waals surface area contributed by atoms with Crippen molar-refractivity contribution in [3.63, 3.8) is 0 Å². The van der Waals surface area contributed by atoms with Gasteiger partial charge in [-0.05, 0) is 42.8 Å². The van der Waals surface area contributed by atoms with Crippen LogP contribution in [0.2, 0.25) is 0 Å². The summed E-state index contributed by atoms with van der Waals surface area (Å²) in [5, 5.41) is 6.24. The van der Waals surface area contributed by atoms with Crippen LogP contribution in [-0.4, -0.2) is 5.91 Å². The number of rotatable bonds is 4. The summed E-state index contributed by atoms with van der Waals surface area (Å²) in [4.78, 5) is 11.1. The summed E-state index contributed by atoms with van der Waals surface area (Å²) < 4.78 is 1.04. The molecule has 0 saturated heterocycles. The first-order valence-electron chi connectivity index (χ1n) is 6.44. The van der Waals surface area contributed by atoms with Crippen LogP contribution in [0.4, 0.5) is 11.4 Å². The summed E-state index contributed by atoms with van der Waals surface area (Å²) in [6.45, 7) is 3.60. The standard InChI is InChI=1S/C16H17BrN2O/c1-11(18-16-8-4-6-14(17)10-16)13-5-3-7-15(9-13)19-12(2)20/h3-11,18H,1-2H3,(H,19,20). The number of anilines is 2. The summed E-state index contributed by atoms with van der Waals surface area (Å²) in [7, 11) is 0. The molecule has 2 rings (SSSR count). The van der Waals surface area contributed by atoms with E-state index in [1.165, 1.54) is 6.92 Å². The smallest absolute Gasteiger partial charge is 0.221 e. The van der Waals surface area contributed by atoms with E-state index in [-0.39, 0.29) is 11.9 Å². The van der Waals surface area contributed by atoms with Gasteiger partial charge in [0.15, 0.2) is 0 Å². The molecule has 2 aromatic carbocycles. The van der Waals surface area contributed by atoms with Crippen molar-refractivity contribution < 1.29 is 4.79 Å². The molecular formula is C16H17BrN2O. The van der Waals surface area contributed by atoms with Gasteiger partial charge in [0.2, 0.25) is 5.91 Å². The molecule has 0 heterocycles. The summed E-state index contributed by atoms with van der Waals surface area (Å²) in [6, 6.07) is 16.1. The van der Waals surface area contributed by atoms with Gasteiger partial charge in [-0.3, -0.25) is 4.79 Å². The minimum atomic E-state index is -0.0604. The third-order valence-electron chi connectivity index (χ3n) is 2.91. The minimum Gasteiger partial charge on any atom is -0.378 e. The second-order valence-corrected chi connectivity index (χ2v) is 5.60. The number of amides is 1. The maximum Gasteiger partial charge on any atom is 0.221 e. The average molecular weight is 333 g/mol. The van der Waals surface area contributed by atoms with Gasteiger partial charge in [0, 0.05) is 28.8 Å². The topological polar surface area (TPSA) is 41.1 Å². The Morgan fingerprint density at radius 2 is 1.80 bits per heavy atom. The highest BCUT2D eigenvalue weighted by Gasteiger charge is 2.06. The maximum absolute atomic E-state index is 11.1. The lowest BCUT2D eigenvalue weighted by molar-refractivity contribution is -0.114. The van der Waals surface area contributed by atoms with Crippen LogP contribution < -0.4 is 10.6 Å². The third-order valence-corrected chi connectivity index (χ3v) is 3.41. The van der Waals surface area contributed by atoms with Crippen LogP contribution in [0.25, 0.3) is 0 Å². The van der Waals surface area contributed by atoms with Crippen LogP contribution in [0, 0.1) is 0 Å². The SMILES string of the molecule is CC(=O)Nc1cccc(C(C)Nc2cccc(Br)c2)c1. The van der Waals surface area contributed by atoms with Crippen LogP contribution in [0.1, 0.15) is 25.5 Å². The lowest BCUT2D eigenvalue weighted by Crippen LogP contribution is -2.09. The molecule has 0 bridgehead atoms.